The lowest BCUT2D eigenvalue weighted by Gasteiger charge is -2.23. The third kappa shape index (κ3) is 7.98. The van der Waals surface area contributed by atoms with Crippen molar-refractivity contribution in [2.75, 3.05) is 26.8 Å². The van der Waals surface area contributed by atoms with Crippen LogP contribution in [0.15, 0.2) is 28.7 Å². The normalized spacial score (nSPS) is 12.8. The predicted molar refractivity (Wildman–Crippen MR) is 94.8 cm³/mol. The third-order valence-electron chi connectivity index (χ3n) is 4.15. The topological polar surface area (TPSA) is 21.3 Å². The zero-order valence-corrected chi connectivity index (χ0v) is 15.3. The molecule has 0 spiro atoms. The van der Waals surface area contributed by atoms with Crippen LogP contribution in [0.25, 0.3) is 0 Å². The monoisotopic (exact) mass is 355 g/mol. The molecule has 0 bridgehead atoms. The summed E-state index contributed by atoms with van der Waals surface area (Å²) in [5.41, 5.74) is 1.42. The Bertz CT molecular complexity index is 379. The molecule has 0 saturated heterocycles. The van der Waals surface area contributed by atoms with E-state index in [9.17, 15) is 0 Å². The molecule has 1 atom stereocenters. The lowest BCUT2D eigenvalue weighted by Crippen LogP contribution is -2.28. The maximum Gasteiger partial charge on any atom is 0.0587 e. The highest BCUT2D eigenvalue weighted by Crippen LogP contribution is 2.23. The van der Waals surface area contributed by atoms with Gasteiger partial charge in [0.25, 0.3) is 0 Å². The molecule has 0 radical (unpaired) electrons. The van der Waals surface area contributed by atoms with Crippen molar-refractivity contribution in [3.63, 3.8) is 0 Å². The fraction of sp³-hybridized carbons (Fsp3) is 0.667. The van der Waals surface area contributed by atoms with E-state index in [0.29, 0.717) is 5.92 Å². The highest BCUT2D eigenvalue weighted by atomic mass is 79.9. The molecule has 0 amide bonds. The molecule has 0 aliphatic rings. The van der Waals surface area contributed by atoms with Crippen LogP contribution in [0.1, 0.15) is 38.7 Å². The number of nitrogens with one attached hydrogen (secondary N) is 1. The number of rotatable bonds is 11. The average Bonchev–Trinajstić information content (AvgIpc) is 2.48. The lowest BCUT2D eigenvalue weighted by molar-refractivity contribution is 0.196. The van der Waals surface area contributed by atoms with Gasteiger partial charge in [0.2, 0.25) is 0 Å². The van der Waals surface area contributed by atoms with Gasteiger partial charge < -0.3 is 10.1 Å². The molecule has 2 nitrogen and oxygen atoms in total. The predicted octanol–water partition coefficient (Wildman–Crippen LogP) is 4.67. The van der Waals surface area contributed by atoms with Gasteiger partial charge in [-0.3, -0.25) is 0 Å². The Balaban J connectivity index is 2.57. The van der Waals surface area contributed by atoms with Crippen molar-refractivity contribution in [3.05, 3.63) is 34.3 Å². The summed E-state index contributed by atoms with van der Waals surface area (Å²) in [6, 6.07) is 8.71. The van der Waals surface area contributed by atoms with Gasteiger partial charge in [-0.05, 0) is 48.9 Å². The smallest absolute Gasteiger partial charge is 0.0587 e. The van der Waals surface area contributed by atoms with Crippen molar-refractivity contribution >= 4 is 15.9 Å². The summed E-state index contributed by atoms with van der Waals surface area (Å²) in [7, 11) is 1.75. The Hall–Kier alpha value is -0.380. The van der Waals surface area contributed by atoms with Crippen molar-refractivity contribution in [2.24, 2.45) is 11.8 Å². The second-order valence-corrected chi connectivity index (χ2v) is 6.73. The quantitative estimate of drug-likeness (QED) is 0.582. The fourth-order valence-electron chi connectivity index (χ4n) is 2.81. The Kier molecular flexibility index (Phi) is 9.98. The molecule has 0 aliphatic heterocycles. The van der Waals surface area contributed by atoms with Crippen molar-refractivity contribution in [3.8, 4) is 0 Å². The van der Waals surface area contributed by atoms with Crippen LogP contribution in [0, 0.1) is 11.8 Å². The summed E-state index contributed by atoms with van der Waals surface area (Å²) >= 11 is 3.57. The van der Waals surface area contributed by atoms with E-state index < -0.39 is 0 Å². The molecule has 0 aliphatic carbocycles. The summed E-state index contributed by atoms with van der Waals surface area (Å²) in [6.45, 7) is 7.42. The number of halogens is 1. The van der Waals surface area contributed by atoms with E-state index in [4.69, 9.17) is 4.74 Å². The van der Waals surface area contributed by atoms with Crippen molar-refractivity contribution < 1.29 is 4.74 Å². The molecule has 1 aromatic carbocycles. The molecule has 3 heteroatoms. The fourth-order valence-corrected chi connectivity index (χ4v) is 3.26. The number of methoxy groups -OCH3 is 1. The Morgan fingerprint density at radius 3 is 2.57 bits per heavy atom. The third-order valence-corrected chi connectivity index (χ3v) is 4.64. The first-order valence-electron chi connectivity index (χ1n) is 8.13. The van der Waals surface area contributed by atoms with E-state index in [1.54, 1.807) is 7.11 Å². The van der Waals surface area contributed by atoms with Crippen LogP contribution in [0.3, 0.4) is 0 Å². The van der Waals surface area contributed by atoms with Crippen LogP contribution in [0.4, 0.5) is 0 Å². The highest BCUT2D eigenvalue weighted by molar-refractivity contribution is 9.10. The van der Waals surface area contributed by atoms with E-state index in [-0.39, 0.29) is 0 Å². The Morgan fingerprint density at radius 2 is 1.95 bits per heavy atom. The molecule has 1 N–H and O–H groups in total. The van der Waals surface area contributed by atoms with Crippen molar-refractivity contribution in [1.29, 1.82) is 0 Å². The van der Waals surface area contributed by atoms with Gasteiger partial charge in [0.15, 0.2) is 0 Å². The minimum absolute atomic E-state index is 0.695. The van der Waals surface area contributed by atoms with E-state index in [1.807, 2.05) is 0 Å². The maximum atomic E-state index is 5.11. The molecule has 0 aromatic heterocycles. The SMILES string of the molecule is CCC(CC)CC(CNCCOC)Cc1cccc(Br)c1. The Labute approximate surface area is 138 Å². The minimum Gasteiger partial charge on any atom is -0.383 e. The molecule has 21 heavy (non-hydrogen) atoms. The number of hydrogen-bond donors (Lipinski definition) is 1. The summed E-state index contributed by atoms with van der Waals surface area (Å²) in [6.07, 6.45) is 5.02. The van der Waals surface area contributed by atoms with Crippen LogP contribution < -0.4 is 5.32 Å². The van der Waals surface area contributed by atoms with Crippen molar-refractivity contribution in [1.82, 2.24) is 5.32 Å². The Morgan fingerprint density at radius 1 is 1.19 bits per heavy atom. The second kappa shape index (κ2) is 11.2. The molecule has 0 heterocycles. The summed E-state index contributed by atoms with van der Waals surface area (Å²) in [5, 5.41) is 3.54. The van der Waals surface area contributed by atoms with Gasteiger partial charge in [-0.2, -0.15) is 0 Å². The van der Waals surface area contributed by atoms with Gasteiger partial charge in [-0.1, -0.05) is 54.8 Å². The highest BCUT2D eigenvalue weighted by Gasteiger charge is 2.15. The van der Waals surface area contributed by atoms with E-state index in [2.05, 4.69) is 59.4 Å². The number of ether oxygens (including phenoxy) is 1. The molecule has 1 unspecified atom stereocenters. The van der Waals surface area contributed by atoms with E-state index in [1.165, 1.54) is 29.3 Å². The van der Waals surface area contributed by atoms with Crippen LogP contribution in [-0.2, 0) is 11.2 Å². The van der Waals surface area contributed by atoms with Gasteiger partial charge in [0.1, 0.15) is 0 Å². The lowest BCUT2D eigenvalue weighted by atomic mass is 9.86. The summed E-state index contributed by atoms with van der Waals surface area (Å²) in [5.74, 6) is 1.53. The standard InChI is InChI=1S/C18H30BrNO/c1-4-15(5-2)11-17(14-20-9-10-21-3)12-16-7-6-8-18(19)13-16/h6-8,13,15,17,20H,4-5,9-12,14H2,1-3H3. The zero-order valence-electron chi connectivity index (χ0n) is 13.7. The van der Waals surface area contributed by atoms with Crippen LogP contribution in [0.2, 0.25) is 0 Å². The summed E-state index contributed by atoms with van der Waals surface area (Å²) in [4.78, 5) is 0. The van der Waals surface area contributed by atoms with E-state index >= 15 is 0 Å². The average molecular weight is 356 g/mol. The van der Waals surface area contributed by atoms with Crippen LogP contribution in [0.5, 0.6) is 0 Å². The molecule has 0 saturated carbocycles. The first kappa shape index (κ1) is 18.7. The number of hydrogen-bond acceptors (Lipinski definition) is 2. The van der Waals surface area contributed by atoms with Gasteiger partial charge in [-0.15, -0.1) is 0 Å². The number of benzene rings is 1. The first-order chi connectivity index (χ1) is 10.2. The minimum atomic E-state index is 0.695. The van der Waals surface area contributed by atoms with Gasteiger partial charge >= 0.3 is 0 Å². The molecule has 0 fully saturated rings. The van der Waals surface area contributed by atoms with Gasteiger partial charge in [0, 0.05) is 18.1 Å². The molecule has 1 rings (SSSR count). The maximum absolute atomic E-state index is 5.11. The molecular formula is C18H30BrNO. The van der Waals surface area contributed by atoms with Crippen molar-refractivity contribution in [2.45, 2.75) is 39.5 Å². The molecule has 120 valence electrons. The largest absolute Gasteiger partial charge is 0.383 e. The van der Waals surface area contributed by atoms with Crippen LogP contribution >= 0.6 is 15.9 Å². The van der Waals surface area contributed by atoms with Gasteiger partial charge in [0.05, 0.1) is 6.61 Å². The summed E-state index contributed by atoms with van der Waals surface area (Å²) < 4.78 is 6.29. The first-order valence-corrected chi connectivity index (χ1v) is 8.92. The zero-order chi connectivity index (χ0) is 15.5. The van der Waals surface area contributed by atoms with Crippen LogP contribution in [-0.4, -0.2) is 26.8 Å². The van der Waals surface area contributed by atoms with Gasteiger partial charge in [-0.25, -0.2) is 0 Å². The van der Waals surface area contributed by atoms with E-state index in [0.717, 1.165) is 32.0 Å². The second-order valence-electron chi connectivity index (χ2n) is 5.82. The molecular weight excluding hydrogens is 326 g/mol. The molecule has 1 aromatic rings.